The van der Waals surface area contributed by atoms with Crippen molar-refractivity contribution in [2.24, 2.45) is 0 Å². The molecule has 0 atom stereocenters. The first-order valence-corrected chi connectivity index (χ1v) is 5.31. The fourth-order valence-corrected chi connectivity index (χ4v) is 1.59. The molecule has 2 rings (SSSR count). The largest absolute Gasteiger partial charge is 0.419 e. The number of carbonyl (C=O) groups excluding carboxylic acids is 1. The first-order valence-electron chi connectivity index (χ1n) is 5.31. The Kier molecular flexibility index (Phi) is 3.52. The van der Waals surface area contributed by atoms with Gasteiger partial charge in [-0.3, -0.25) is 9.78 Å². The van der Waals surface area contributed by atoms with Crippen LogP contribution in [0.4, 0.5) is 22.0 Å². The molecule has 20 heavy (non-hydrogen) atoms. The number of rotatable bonds is 2. The summed E-state index contributed by atoms with van der Waals surface area (Å²) in [5.74, 6) is -3.15. The summed E-state index contributed by atoms with van der Waals surface area (Å²) in [4.78, 5) is 15.3. The fraction of sp³-hybridized carbons (Fsp3) is 0.0769. The second-order valence-corrected chi connectivity index (χ2v) is 3.91. The Hall–Kier alpha value is -2.31. The SMILES string of the molecule is O=C(c1cncc(F)c1)c1ccc(C(F)(F)F)c(F)c1. The third-order valence-corrected chi connectivity index (χ3v) is 2.50. The second kappa shape index (κ2) is 4.99. The van der Waals surface area contributed by atoms with Gasteiger partial charge in [0.2, 0.25) is 0 Å². The number of carbonyl (C=O) groups is 1. The average Bonchev–Trinajstić information content (AvgIpc) is 2.36. The molecular weight excluding hydrogens is 281 g/mol. The lowest BCUT2D eigenvalue weighted by Gasteiger charge is -2.09. The number of hydrogen-bond acceptors (Lipinski definition) is 2. The summed E-state index contributed by atoms with van der Waals surface area (Å²) in [5.41, 5.74) is -1.96. The number of ketones is 1. The number of alkyl halides is 3. The molecule has 104 valence electrons. The van der Waals surface area contributed by atoms with Crippen LogP contribution in [0, 0.1) is 11.6 Å². The van der Waals surface area contributed by atoms with Crippen LogP contribution >= 0.6 is 0 Å². The van der Waals surface area contributed by atoms with E-state index in [9.17, 15) is 26.7 Å². The predicted octanol–water partition coefficient (Wildman–Crippen LogP) is 3.61. The van der Waals surface area contributed by atoms with E-state index < -0.39 is 29.2 Å². The maximum atomic E-state index is 13.3. The highest BCUT2D eigenvalue weighted by molar-refractivity contribution is 6.08. The number of benzene rings is 1. The van der Waals surface area contributed by atoms with E-state index in [4.69, 9.17) is 0 Å². The molecule has 2 aromatic rings. The molecule has 0 unspecified atom stereocenters. The highest BCUT2D eigenvalue weighted by Gasteiger charge is 2.34. The van der Waals surface area contributed by atoms with Crippen LogP contribution in [0.15, 0.2) is 36.7 Å². The van der Waals surface area contributed by atoms with Crippen LogP contribution in [-0.4, -0.2) is 10.8 Å². The molecule has 0 aliphatic heterocycles. The summed E-state index contributed by atoms with van der Waals surface area (Å²) < 4.78 is 63.4. The van der Waals surface area contributed by atoms with Crippen molar-refractivity contribution < 1.29 is 26.7 Å². The Morgan fingerprint density at radius 2 is 1.70 bits per heavy atom. The number of hydrogen-bond donors (Lipinski definition) is 0. The van der Waals surface area contributed by atoms with Gasteiger partial charge in [0.1, 0.15) is 11.6 Å². The minimum atomic E-state index is -4.84. The normalized spacial score (nSPS) is 11.4. The number of halogens is 5. The predicted molar refractivity (Wildman–Crippen MR) is 59.0 cm³/mol. The molecule has 2 nitrogen and oxygen atoms in total. The summed E-state index contributed by atoms with van der Waals surface area (Å²) >= 11 is 0. The topological polar surface area (TPSA) is 30.0 Å². The lowest BCUT2D eigenvalue weighted by atomic mass is 10.0. The summed E-state index contributed by atoms with van der Waals surface area (Å²) in [6, 6.07) is 2.63. The molecule has 0 saturated carbocycles. The van der Waals surface area contributed by atoms with Crippen molar-refractivity contribution in [3.05, 3.63) is 65.0 Å². The smallest absolute Gasteiger partial charge is 0.289 e. The Labute approximate surface area is 109 Å². The van der Waals surface area contributed by atoms with E-state index in [2.05, 4.69) is 4.98 Å². The van der Waals surface area contributed by atoms with Gasteiger partial charge in [-0.25, -0.2) is 8.78 Å². The molecule has 0 fully saturated rings. The Bertz CT molecular complexity index is 666. The van der Waals surface area contributed by atoms with E-state index in [0.29, 0.717) is 12.1 Å². The van der Waals surface area contributed by atoms with E-state index in [1.165, 1.54) is 0 Å². The van der Waals surface area contributed by atoms with E-state index in [0.717, 1.165) is 24.5 Å². The standard InChI is InChI=1S/C13H6F5NO/c14-9-3-8(5-19-6-9)12(20)7-1-2-10(11(15)4-7)13(16,17)18/h1-6H. The number of aromatic nitrogens is 1. The molecule has 1 aromatic carbocycles. The maximum absolute atomic E-state index is 13.3. The van der Waals surface area contributed by atoms with E-state index in [-0.39, 0.29) is 11.1 Å². The zero-order chi connectivity index (χ0) is 14.9. The van der Waals surface area contributed by atoms with Gasteiger partial charge in [0.25, 0.3) is 0 Å². The number of pyridine rings is 1. The zero-order valence-electron chi connectivity index (χ0n) is 9.71. The highest BCUT2D eigenvalue weighted by atomic mass is 19.4. The highest BCUT2D eigenvalue weighted by Crippen LogP contribution is 2.31. The minimum absolute atomic E-state index is 0.177. The van der Waals surface area contributed by atoms with Crippen LogP contribution in [0.3, 0.4) is 0 Å². The summed E-state index contributed by atoms with van der Waals surface area (Å²) in [6.45, 7) is 0. The van der Waals surface area contributed by atoms with Gasteiger partial charge in [0.15, 0.2) is 5.78 Å². The molecular formula is C13H6F5NO. The van der Waals surface area contributed by atoms with Crippen LogP contribution < -0.4 is 0 Å². The van der Waals surface area contributed by atoms with Gasteiger partial charge in [-0.15, -0.1) is 0 Å². The lowest BCUT2D eigenvalue weighted by molar-refractivity contribution is -0.140. The molecule has 0 saturated heterocycles. The van der Waals surface area contributed by atoms with Gasteiger partial charge in [-0.2, -0.15) is 13.2 Å². The van der Waals surface area contributed by atoms with Crippen LogP contribution in [0.1, 0.15) is 21.5 Å². The Morgan fingerprint density at radius 3 is 2.25 bits per heavy atom. The third kappa shape index (κ3) is 2.81. The Morgan fingerprint density at radius 1 is 1.00 bits per heavy atom. The molecule has 0 radical (unpaired) electrons. The average molecular weight is 287 g/mol. The van der Waals surface area contributed by atoms with E-state index in [1.54, 1.807) is 0 Å². The van der Waals surface area contributed by atoms with Gasteiger partial charge >= 0.3 is 6.18 Å². The minimum Gasteiger partial charge on any atom is -0.289 e. The summed E-state index contributed by atoms with van der Waals surface area (Å²) in [7, 11) is 0. The van der Waals surface area contributed by atoms with Gasteiger partial charge < -0.3 is 0 Å². The molecule has 0 amide bonds. The molecule has 0 bridgehead atoms. The van der Waals surface area contributed by atoms with Crippen molar-refractivity contribution in [3.63, 3.8) is 0 Å². The molecule has 0 aliphatic carbocycles. The lowest BCUT2D eigenvalue weighted by Crippen LogP contribution is -2.10. The van der Waals surface area contributed by atoms with Gasteiger partial charge in [-0.05, 0) is 18.2 Å². The van der Waals surface area contributed by atoms with Crippen LogP contribution in [0.2, 0.25) is 0 Å². The third-order valence-electron chi connectivity index (χ3n) is 2.50. The first kappa shape index (κ1) is 14.1. The van der Waals surface area contributed by atoms with Crippen LogP contribution in [-0.2, 0) is 6.18 Å². The maximum Gasteiger partial charge on any atom is 0.419 e. The first-order chi connectivity index (χ1) is 9.29. The summed E-state index contributed by atoms with van der Waals surface area (Å²) in [5, 5.41) is 0. The second-order valence-electron chi connectivity index (χ2n) is 3.91. The van der Waals surface area contributed by atoms with Gasteiger partial charge in [0, 0.05) is 17.3 Å². The van der Waals surface area contributed by atoms with Crippen LogP contribution in [0.5, 0.6) is 0 Å². The van der Waals surface area contributed by atoms with E-state index in [1.807, 2.05) is 0 Å². The van der Waals surface area contributed by atoms with E-state index >= 15 is 0 Å². The molecule has 0 spiro atoms. The van der Waals surface area contributed by atoms with Gasteiger partial charge in [0.05, 0.1) is 11.8 Å². The van der Waals surface area contributed by atoms with Gasteiger partial charge in [-0.1, -0.05) is 6.07 Å². The van der Waals surface area contributed by atoms with Crippen molar-refractivity contribution in [1.29, 1.82) is 0 Å². The summed E-state index contributed by atoms with van der Waals surface area (Å²) in [6.07, 6.45) is -2.93. The van der Waals surface area contributed by atoms with Crippen molar-refractivity contribution >= 4 is 5.78 Å². The molecule has 0 aliphatic rings. The quantitative estimate of drug-likeness (QED) is 0.624. The van der Waals surface area contributed by atoms with Crippen molar-refractivity contribution in [2.45, 2.75) is 6.18 Å². The van der Waals surface area contributed by atoms with Crippen LogP contribution in [0.25, 0.3) is 0 Å². The van der Waals surface area contributed by atoms with Crippen molar-refractivity contribution in [1.82, 2.24) is 4.98 Å². The zero-order valence-corrected chi connectivity index (χ0v) is 9.71. The Balaban J connectivity index is 2.40. The molecule has 1 aromatic heterocycles. The van der Waals surface area contributed by atoms with Crippen molar-refractivity contribution in [2.75, 3.05) is 0 Å². The molecule has 1 heterocycles. The monoisotopic (exact) mass is 287 g/mol. The molecule has 0 N–H and O–H groups in total. The fourth-order valence-electron chi connectivity index (χ4n) is 1.59. The molecule has 7 heteroatoms. The number of nitrogens with zero attached hydrogens (tertiary/aromatic N) is 1. The van der Waals surface area contributed by atoms with Crippen molar-refractivity contribution in [3.8, 4) is 0 Å².